The minimum atomic E-state index is -1.43. The highest BCUT2D eigenvalue weighted by Crippen LogP contribution is 2.46. The minimum Gasteiger partial charge on any atom is -0.465 e. The van der Waals surface area contributed by atoms with Crippen molar-refractivity contribution in [1.29, 1.82) is 5.26 Å². The fraction of sp³-hybridized carbons (Fsp3) is 0.333. The number of thioether (sulfide) groups is 1. The van der Waals surface area contributed by atoms with Gasteiger partial charge in [-0.1, -0.05) is 17.7 Å². The molecular weight excluding hydrogens is 599 g/mol. The number of alkyl halides is 1. The van der Waals surface area contributed by atoms with Crippen LogP contribution in [0.15, 0.2) is 23.2 Å². The zero-order valence-corrected chi connectivity index (χ0v) is 23.8. The topological polar surface area (TPSA) is 111 Å². The van der Waals surface area contributed by atoms with E-state index in [1.54, 1.807) is 6.26 Å². The van der Waals surface area contributed by atoms with E-state index in [0.717, 1.165) is 36.8 Å². The molecule has 2 aromatic heterocycles. The summed E-state index contributed by atoms with van der Waals surface area (Å²) in [7, 11) is 0. The smallest absolute Gasteiger partial charge is 0.409 e. The second-order valence-electron chi connectivity index (χ2n) is 9.97. The van der Waals surface area contributed by atoms with Gasteiger partial charge in [0, 0.05) is 29.3 Å². The van der Waals surface area contributed by atoms with E-state index in [1.165, 1.54) is 23.9 Å². The fourth-order valence-corrected chi connectivity index (χ4v) is 7.85. The number of nitrogens with zero attached hydrogens (tertiary/aromatic N) is 4. The molecule has 6 rings (SSSR count). The van der Waals surface area contributed by atoms with Gasteiger partial charge in [-0.15, -0.1) is 23.1 Å². The van der Waals surface area contributed by atoms with Crippen molar-refractivity contribution >= 4 is 66.8 Å². The molecule has 0 radical (unpaired) electrons. The maximum atomic E-state index is 16.4. The van der Waals surface area contributed by atoms with Gasteiger partial charge in [0.25, 0.3) is 0 Å². The van der Waals surface area contributed by atoms with Crippen molar-refractivity contribution in [3.8, 4) is 23.2 Å². The largest absolute Gasteiger partial charge is 0.465 e. The molecule has 2 aliphatic heterocycles. The maximum absolute atomic E-state index is 16.4. The van der Waals surface area contributed by atoms with Gasteiger partial charge in [0.05, 0.1) is 20.8 Å². The molecule has 2 aliphatic rings. The van der Waals surface area contributed by atoms with Crippen LogP contribution >= 0.6 is 34.7 Å². The number of thiophene rings is 1. The van der Waals surface area contributed by atoms with Crippen LogP contribution < -0.4 is 10.1 Å². The van der Waals surface area contributed by atoms with Crippen LogP contribution in [0.4, 0.5) is 23.0 Å². The number of carboxylic acid groups (broad SMARTS) is 1. The Morgan fingerprint density at radius 1 is 1.41 bits per heavy atom. The van der Waals surface area contributed by atoms with Gasteiger partial charge < -0.3 is 9.84 Å². The molecule has 14 heteroatoms. The van der Waals surface area contributed by atoms with E-state index in [0.29, 0.717) is 23.4 Å². The summed E-state index contributed by atoms with van der Waals surface area (Å²) < 4.78 is 51.4. The number of anilines is 1. The SMILES string of the molecule is CSc1nc(OC[C@@]23CCCN2C[C@H](F)C3)nc2c(F)c(-c3ccc(F)c4sc(NC(=O)O)c(C#N)c34)c(Cl)cc12. The number of ether oxygens (including phenoxy) is 1. The highest BCUT2D eigenvalue weighted by Gasteiger charge is 2.49. The summed E-state index contributed by atoms with van der Waals surface area (Å²) in [6.45, 7) is 1.31. The van der Waals surface area contributed by atoms with E-state index in [4.69, 9.17) is 16.3 Å². The molecule has 2 fully saturated rings. The highest BCUT2D eigenvalue weighted by atomic mass is 35.5. The van der Waals surface area contributed by atoms with Crippen LogP contribution in [0.1, 0.15) is 24.8 Å². The molecular formula is C27H21ClF3N5O3S2. The first kappa shape index (κ1) is 27.8. The van der Waals surface area contributed by atoms with Crippen molar-refractivity contribution in [1.82, 2.24) is 14.9 Å². The molecule has 0 bridgehead atoms. The number of aromatic nitrogens is 2. The first-order valence-corrected chi connectivity index (χ1v) is 15.0. The molecule has 41 heavy (non-hydrogen) atoms. The molecule has 1 amide bonds. The number of nitrogens with one attached hydrogen (secondary N) is 1. The van der Waals surface area contributed by atoms with E-state index >= 15 is 4.39 Å². The van der Waals surface area contributed by atoms with Crippen molar-refractivity contribution < 1.29 is 27.8 Å². The van der Waals surface area contributed by atoms with E-state index in [9.17, 15) is 23.9 Å². The lowest BCUT2D eigenvalue weighted by molar-refractivity contribution is 0.107. The molecule has 4 aromatic rings. The van der Waals surface area contributed by atoms with Gasteiger partial charge in [-0.05, 0) is 43.3 Å². The van der Waals surface area contributed by atoms with Crippen LogP contribution in [-0.4, -0.2) is 63.7 Å². The third-order valence-electron chi connectivity index (χ3n) is 7.64. The number of halogens is 4. The minimum absolute atomic E-state index is 0.0273. The lowest BCUT2D eigenvalue weighted by Crippen LogP contribution is -2.43. The summed E-state index contributed by atoms with van der Waals surface area (Å²) in [5.74, 6) is -1.54. The third kappa shape index (κ3) is 4.63. The predicted octanol–water partition coefficient (Wildman–Crippen LogP) is 7.08. The van der Waals surface area contributed by atoms with Crippen LogP contribution in [0.3, 0.4) is 0 Å². The molecule has 2 aromatic carbocycles. The molecule has 4 heterocycles. The normalized spacial score (nSPS) is 20.4. The summed E-state index contributed by atoms with van der Waals surface area (Å²) in [4.78, 5) is 22.2. The van der Waals surface area contributed by atoms with Crippen LogP contribution in [-0.2, 0) is 0 Å². The van der Waals surface area contributed by atoms with Gasteiger partial charge in [0.1, 0.15) is 40.2 Å². The van der Waals surface area contributed by atoms with Gasteiger partial charge in [-0.25, -0.2) is 18.0 Å². The van der Waals surface area contributed by atoms with Gasteiger partial charge in [-0.3, -0.25) is 10.2 Å². The molecule has 0 unspecified atom stereocenters. The van der Waals surface area contributed by atoms with Crippen LogP contribution in [0.25, 0.3) is 32.1 Å². The molecule has 2 atom stereocenters. The summed E-state index contributed by atoms with van der Waals surface area (Å²) >= 11 is 8.57. The van der Waals surface area contributed by atoms with Crippen molar-refractivity contribution in [3.63, 3.8) is 0 Å². The van der Waals surface area contributed by atoms with Crippen LogP contribution in [0.5, 0.6) is 6.01 Å². The standard InChI is InChI=1S/C27H21ClF3N5O3S2/c1-40-23-14-7-16(28)19(13-3-4-17(30)22-18(13)15(9-32)24(41-22)35-26(37)38)20(31)21(14)33-25(34-23)39-11-27-5-2-6-36(27)10-12(29)8-27/h3-4,7,12,35H,2,5-6,8,10-11H2,1H3,(H,37,38)/t12-,27+/m1/s1. The van der Waals surface area contributed by atoms with E-state index in [-0.39, 0.29) is 54.9 Å². The van der Waals surface area contributed by atoms with E-state index in [1.807, 2.05) is 6.07 Å². The first-order chi connectivity index (χ1) is 19.7. The van der Waals surface area contributed by atoms with Crippen molar-refractivity contribution in [2.45, 2.75) is 36.0 Å². The molecule has 212 valence electrons. The average molecular weight is 620 g/mol. The Bertz CT molecular complexity index is 1780. The predicted molar refractivity (Wildman–Crippen MR) is 152 cm³/mol. The number of amides is 1. The van der Waals surface area contributed by atoms with Crippen LogP contribution in [0, 0.1) is 23.0 Å². The third-order valence-corrected chi connectivity index (χ3v) is 9.75. The van der Waals surface area contributed by atoms with Gasteiger partial charge in [0.15, 0.2) is 5.82 Å². The Morgan fingerprint density at radius 2 is 2.22 bits per heavy atom. The van der Waals surface area contributed by atoms with E-state index in [2.05, 4.69) is 20.2 Å². The first-order valence-electron chi connectivity index (χ1n) is 12.6. The Labute approximate surface area is 245 Å². The summed E-state index contributed by atoms with van der Waals surface area (Å²) in [6, 6.07) is 5.73. The number of nitriles is 1. The highest BCUT2D eigenvalue weighted by molar-refractivity contribution is 7.98. The number of benzene rings is 2. The van der Waals surface area contributed by atoms with E-state index < -0.39 is 29.4 Å². The Balaban J connectivity index is 1.49. The molecule has 0 saturated carbocycles. The second kappa shape index (κ2) is 10.5. The average Bonchev–Trinajstić information content (AvgIpc) is 3.58. The zero-order chi connectivity index (χ0) is 29.1. The summed E-state index contributed by atoms with van der Waals surface area (Å²) in [6.07, 6.45) is 1.47. The molecule has 8 nitrogen and oxygen atoms in total. The number of hydrogen-bond acceptors (Lipinski definition) is 8. The van der Waals surface area contributed by atoms with Crippen molar-refractivity contribution in [3.05, 3.63) is 40.4 Å². The van der Waals surface area contributed by atoms with Crippen molar-refractivity contribution in [2.75, 3.05) is 31.3 Å². The Morgan fingerprint density at radius 3 is 2.95 bits per heavy atom. The Hall–Kier alpha value is -3.31. The molecule has 2 N–H and O–H groups in total. The molecule has 0 aliphatic carbocycles. The Kier molecular flexibility index (Phi) is 7.14. The molecule has 2 saturated heterocycles. The quantitative estimate of drug-likeness (QED) is 0.174. The number of hydrogen-bond donors (Lipinski definition) is 2. The molecule has 0 spiro atoms. The van der Waals surface area contributed by atoms with Gasteiger partial charge in [-0.2, -0.15) is 15.2 Å². The maximum Gasteiger partial charge on any atom is 0.409 e. The number of carbonyl (C=O) groups is 1. The zero-order valence-electron chi connectivity index (χ0n) is 21.4. The van der Waals surface area contributed by atoms with Crippen LogP contribution in [0.2, 0.25) is 5.02 Å². The van der Waals surface area contributed by atoms with Gasteiger partial charge >= 0.3 is 12.1 Å². The fourth-order valence-electron chi connectivity index (χ4n) is 5.94. The number of rotatable bonds is 6. The lowest BCUT2D eigenvalue weighted by Gasteiger charge is -2.30. The lowest BCUT2D eigenvalue weighted by atomic mass is 9.95. The second-order valence-corrected chi connectivity index (χ2v) is 12.2. The number of fused-ring (bicyclic) bond motifs is 3. The summed E-state index contributed by atoms with van der Waals surface area (Å²) in [5.41, 5.74) is -0.728. The van der Waals surface area contributed by atoms with Gasteiger partial charge in [0.2, 0.25) is 0 Å². The monoisotopic (exact) mass is 619 g/mol. The van der Waals surface area contributed by atoms with Crippen molar-refractivity contribution in [2.24, 2.45) is 0 Å². The summed E-state index contributed by atoms with van der Waals surface area (Å²) in [5, 5.41) is 21.8.